The molecule has 0 atom stereocenters. The van der Waals surface area contributed by atoms with Gasteiger partial charge in [0.1, 0.15) is 0 Å². The fourth-order valence-corrected chi connectivity index (χ4v) is 3.29. The van der Waals surface area contributed by atoms with E-state index in [1.165, 1.54) is 32.1 Å². The molecule has 0 spiro atoms. The highest BCUT2D eigenvalue weighted by molar-refractivity contribution is 7.92. The summed E-state index contributed by atoms with van der Waals surface area (Å²) in [5.74, 6) is 0.839. The quantitative estimate of drug-likeness (QED) is 0.602. The molecule has 124 valence electrons. The summed E-state index contributed by atoms with van der Waals surface area (Å²) in [6.07, 6.45) is 6.18. The Balaban J connectivity index is 2.55. The molecule has 6 heteroatoms. The standard InChI is InChI=1S/C15H31N3O2S/c1-5-16-14(18-13-9-7-6-8-10-13)17-11-12-21(19,20)15(2,3)4/h13H,5-12H2,1-4H3,(H2,16,17,18). The lowest BCUT2D eigenvalue weighted by Crippen LogP contribution is -2.44. The molecule has 21 heavy (non-hydrogen) atoms. The van der Waals surface area contributed by atoms with Crippen molar-refractivity contribution in [2.24, 2.45) is 4.99 Å². The molecule has 1 saturated carbocycles. The Kier molecular flexibility index (Phi) is 6.97. The van der Waals surface area contributed by atoms with Crippen molar-refractivity contribution in [2.45, 2.75) is 70.6 Å². The normalized spacial score (nSPS) is 18.6. The van der Waals surface area contributed by atoms with Crippen molar-refractivity contribution in [1.29, 1.82) is 0 Å². The largest absolute Gasteiger partial charge is 0.357 e. The van der Waals surface area contributed by atoms with E-state index in [9.17, 15) is 8.42 Å². The zero-order valence-electron chi connectivity index (χ0n) is 13.9. The second-order valence-corrected chi connectivity index (χ2v) is 9.53. The molecule has 0 saturated heterocycles. The van der Waals surface area contributed by atoms with Gasteiger partial charge in [-0.05, 0) is 40.5 Å². The molecule has 1 aliphatic rings. The van der Waals surface area contributed by atoms with Gasteiger partial charge in [0.15, 0.2) is 15.8 Å². The van der Waals surface area contributed by atoms with Gasteiger partial charge in [0.05, 0.1) is 17.0 Å². The Labute approximate surface area is 129 Å². The average Bonchev–Trinajstić information content (AvgIpc) is 2.38. The summed E-state index contributed by atoms with van der Waals surface area (Å²) < 4.78 is 23.4. The van der Waals surface area contributed by atoms with E-state index in [1.807, 2.05) is 6.92 Å². The van der Waals surface area contributed by atoms with E-state index in [2.05, 4.69) is 15.6 Å². The van der Waals surface area contributed by atoms with Gasteiger partial charge in [-0.25, -0.2) is 8.42 Å². The molecule has 0 aromatic carbocycles. The molecule has 0 aromatic rings. The van der Waals surface area contributed by atoms with Crippen molar-refractivity contribution in [3.63, 3.8) is 0 Å². The summed E-state index contributed by atoms with van der Waals surface area (Å²) in [5, 5.41) is 6.62. The SMILES string of the molecule is CCNC(=NCCS(=O)(=O)C(C)(C)C)NC1CCCCC1. The highest BCUT2D eigenvalue weighted by Crippen LogP contribution is 2.17. The maximum absolute atomic E-state index is 12.1. The van der Waals surface area contributed by atoms with Crippen LogP contribution < -0.4 is 10.6 Å². The Morgan fingerprint density at radius 1 is 1.19 bits per heavy atom. The van der Waals surface area contributed by atoms with Crippen molar-refractivity contribution < 1.29 is 8.42 Å². The van der Waals surface area contributed by atoms with Crippen LogP contribution in [0.25, 0.3) is 0 Å². The fraction of sp³-hybridized carbons (Fsp3) is 0.933. The van der Waals surface area contributed by atoms with Crippen LogP contribution in [0.2, 0.25) is 0 Å². The van der Waals surface area contributed by atoms with Gasteiger partial charge >= 0.3 is 0 Å². The van der Waals surface area contributed by atoms with Crippen LogP contribution >= 0.6 is 0 Å². The molecule has 1 aliphatic carbocycles. The molecule has 0 heterocycles. The summed E-state index contributed by atoms with van der Waals surface area (Å²) >= 11 is 0. The van der Waals surface area contributed by atoms with Crippen LogP contribution in [0.3, 0.4) is 0 Å². The number of nitrogens with one attached hydrogen (secondary N) is 2. The number of guanidine groups is 1. The minimum Gasteiger partial charge on any atom is -0.357 e. The molecular formula is C15H31N3O2S. The van der Waals surface area contributed by atoms with E-state index < -0.39 is 14.6 Å². The van der Waals surface area contributed by atoms with E-state index in [-0.39, 0.29) is 5.75 Å². The van der Waals surface area contributed by atoms with E-state index >= 15 is 0 Å². The van der Waals surface area contributed by atoms with Crippen molar-refractivity contribution >= 4 is 15.8 Å². The smallest absolute Gasteiger partial charge is 0.191 e. The summed E-state index contributed by atoms with van der Waals surface area (Å²) in [6, 6.07) is 0.468. The summed E-state index contributed by atoms with van der Waals surface area (Å²) in [5.41, 5.74) is 0. The number of nitrogens with zero attached hydrogens (tertiary/aromatic N) is 1. The van der Waals surface area contributed by atoms with Gasteiger partial charge in [-0.15, -0.1) is 0 Å². The third-order valence-corrected chi connectivity index (χ3v) is 6.44. The summed E-state index contributed by atoms with van der Waals surface area (Å²) in [6.45, 7) is 8.31. The molecule has 0 aromatic heterocycles. The van der Waals surface area contributed by atoms with Crippen LogP contribution in [0.5, 0.6) is 0 Å². The minimum absolute atomic E-state index is 0.0950. The first-order valence-corrected chi connectivity index (χ1v) is 9.68. The lowest BCUT2D eigenvalue weighted by Gasteiger charge is -2.25. The van der Waals surface area contributed by atoms with Gasteiger partial charge in [-0.1, -0.05) is 19.3 Å². The first-order valence-electron chi connectivity index (χ1n) is 8.03. The fourth-order valence-electron chi connectivity index (χ4n) is 2.34. The number of rotatable bonds is 5. The number of hydrogen-bond donors (Lipinski definition) is 2. The molecule has 1 rings (SSSR count). The number of hydrogen-bond acceptors (Lipinski definition) is 3. The Hall–Kier alpha value is -0.780. The van der Waals surface area contributed by atoms with Crippen LogP contribution in [0.1, 0.15) is 59.8 Å². The molecule has 0 unspecified atom stereocenters. The van der Waals surface area contributed by atoms with Gasteiger partial charge < -0.3 is 10.6 Å². The van der Waals surface area contributed by atoms with Crippen LogP contribution in [0.15, 0.2) is 4.99 Å². The highest BCUT2D eigenvalue weighted by atomic mass is 32.2. The zero-order chi connectivity index (χ0) is 15.9. The third kappa shape index (κ3) is 6.24. The molecule has 0 radical (unpaired) electrons. The third-order valence-electron chi connectivity index (χ3n) is 3.85. The van der Waals surface area contributed by atoms with Gasteiger partial charge in [0, 0.05) is 12.6 Å². The van der Waals surface area contributed by atoms with Gasteiger partial charge in [0.25, 0.3) is 0 Å². The number of sulfone groups is 1. The predicted octanol–water partition coefficient (Wildman–Crippen LogP) is 2.09. The van der Waals surface area contributed by atoms with Crippen molar-refractivity contribution in [2.75, 3.05) is 18.8 Å². The van der Waals surface area contributed by atoms with Gasteiger partial charge in [-0.2, -0.15) is 0 Å². The van der Waals surface area contributed by atoms with Crippen molar-refractivity contribution in [1.82, 2.24) is 10.6 Å². The maximum atomic E-state index is 12.1. The van der Waals surface area contributed by atoms with Crippen LogP contribution in [0, 0.1) is 0 Å². The monoisotopic (exact) mass is 317 g/mol. The Morgan fingerprint density at radius 3 is 2.33 bits per heavy atom. The zero-order valence-corrected chi connectivity index (χ0v) is 14.7. The topological polar surface area (TPSA) is 70.6 Å². The van der Waals surface area contributed by atoms with Crippen LogP contribution in [-0.4, -0.2) is 44.0 Å². The predicted molar refractivity (Wildman–Crippen MR) is 89.5 cm³/mol. The lowest BCUT2D eigenvalue weighted by atomic mass is 9.96. The summed E-state index contributed by atoms with van der Waals surface area (Å²) in [4.78, 5) is 4.42. The maximum Gasteiger partial charge on any atom is 0.191 e. The highest BCUT2D eigenvalue weighted by Gasteiger charge is 2.28. The van der Waals surface area contributed by atoms with Gasteiger partial charge in [-0.3, -0.25) is 4.99 Å². The van der Waals surface area contributed by atoms with Crippen LogP contribution in [-0.2, 0) is 9.84 Å². The van der Waals surface area contributed by atoms with Crippen molar-refractivity contribution in [3.05, 3.63) is 0 Å². The first kappa shape index (κ1) is 18.3. The lowest BCUT2D eigenvalue weighted by molar-refractivity contribution is 0.410. The second-order valence-electron chi connectivity index (χ2n) is 6.67. The molecule has 0 amide bonds. The van der Waals surface area contributed by atoms with Crippen LogP contribution in [0.4, 0.5) is 0 Å². The average molecular weight is 317 g/mol. The molecule has 0 aliphatic heterocycles. The molecule has 1 fully saturated rings. The minimum atomic E-state index is -3.10. The van der Waals surface area contributed by atoms with E-state index in [0.29, 0.717) is 12.6 Å². The van der Waals surface area contributed by atoms with Gasteiger partial charge in [0.2, 0.25) is 0 Å². The summed E-state index contributed by atoms with van der Waals surface area (Å²) in [7, 11) is -3.10. The number of aliphatic imine (C=N–C) groups is 1. The first-order chi connectivity index (χ1) is 9.76. The molecule has 2 N–H and O–H groups in total. The Morgan fingerprint density at radius 2 is 1.81 bits per heavy atom. The Bertz CT molecular complexity index is 432. The van der Waals surface area contributed by atoms with E-state index in [1.54, 1.807) is 20.8 Å². The molecule has 0 bridgehead atoms. The molecule has 5 nitrogen and oxygen atoms in total. The molecular weight excluding hydrogens is 286 g/mol. The van der Waals surface area contributed by atoms with E-state index in [0.717, 1.165) is 12.5 Å². The second kappa shape index (κ2) is 8.01. The van der Waals surface area contributed by atoms with E-state index in [4.69, 9.17) is 0 Å². The van der Waals surface area contributed by atoms with Crippen molar-refractivity contribution in [3.8, 4) is 0 Å².